The number of benzene rings is 1. The molecular weight excluding hydrogens is 488 g/mol. The molecule has 0 bridgehead atoms. The summed E-state index contributed by atoms with van der Waals surface area (Å²) in [6.07, 6.45) is 1.77. The zero-order valence-electron chi connectivity index (χ0n) is 17.1. The number of hydrogen-bond donors (Lipinski definition) is 2. The van der Waals surface area contributed by atoms with Gasteiger partial charge in [-0.1, -0.05) is 60.1 Å². The van der Waals surface area contributed by atoms with Crippen molar-refractivity contribution in [1.82, 2.24) is 25.1 Å². The number of carbonyl (C=O) groups excluding carboxylic acids is 1. The van der Waals surface area contributed by atoms with E-state index in [0.717, 1.165) is 33.6 Å². The van der Waals surface area contributed by atoms with Gasteiger partial charge in [-0.05, 0) is 29.9 Å². The van der Waals surface area contributed by atoms with Gasteiger partial charge in [0.05, 0.1) is 28.7 Å². The molecule has 0 saturated heterocycles. The zero-order chi connectivity index (χ0) is 21.7. The maximum atomic E-state index is 12.5. The Hall–Kier alpha value is -1.84. The van der Waals surface area contributed by atoms with E-state index in [9.17, 15) is 4.79 Å². The smallest absolute Gasteiger partial charge is 0.252 e. The number of amides is 1. The van der Waals surface area contributed by atoms with Crippen molar-refractivity contribution in [3.05, 3.63) is 39.5 Å². The Morgan fingerprint density at radius 2 is 2.13 bits per heavy atom. The van der Waals surface area contributed by atoms with Crippen LogP contribution in [0.5, 0.6) is 0 Å². The molecule has 1 amide bonds. The Morgan fingerprint density at radius 3 is 2.87 bits per heavy atom. The van der Waals surface area contributed by atoms with Gasteiger partial charge < -0.3 is 10.6 Å². The van der Waals surface area contributed by atoms with Crippen molar-refractivity contribution in [3.8, 4) is 0 Å². The van der Waals surface area contributed by atoms with Gasteiger partial charge in [-0.3, -0.25) is 4.79 Å². The minimum atomic E-state index is -0.228. The second-order valence-corrected chi connectivity index (χ2v) is 9.60. The van der Waals surface area contributed by atoms with Gasteiger partial charge in [-0.15, -0.1) is 0 Å². The van der Waals surface area contributed by atoms with Crippen molar-refractivity contribution in [2.75, 3.05) is 24.2 Å². The summed E-state index contributed by atoms with van der Waals surface area (Å²) in [6.45, 7) is 8.06. The first-order chi connectivity index (χ1) is 14.4. The summed E-state index contributed by atoms with van der Waals surface area (Å²) in [7, 11) is 0. The molecule has 10 heteroatoms. The first kappa shape index (κ1) is 22.8. The monoisotopic (exact) mass is 510 g/mol. The molecule has 0 spiro atoms. The molecule has 1 aromatic carbocycles. The number of fused-ring (bicyclic) bond motifs is 1. The van der Waals surface area contributed by atoms with Crippen LogP contribution in [0.3, 0.4) is 0 Å². The van der Waals surface area contributed by atoms with E-state index < -0.39 is 0 Å². The van der Waals surface area contributed by atoms with Gasteiger partial charge >= 0.3 is 0 Å². The quantitative estimate of drug-likeness (QED) is 0.315. The van der Waals surface area contributed by atoms with E-state index in [2.05, 4.69) is 62.4 Å². The van der Waals surface area contributed by atoms with Crippen molar-refractivity contribution in [2.45, 2.75) is 32.5 Å². The van der Waals surface area contributed by atoms with Gasteiger partial charge in [0.15, 0.2) is 10.8 Å². The number of thioether (sulfide) groups is 1. The Morgan fingerprint density at radius 1 is 1.33 bits per heavy atom. The van der Waals surface area contributed by atoms with Gasteiger partial charge in [-0.2, -0.15) is 5.10 Å². The Kier molecular flexibility index (Phi) is 7.96. The molecule has 0 unspecified atom stereocenters. The summed E-state index contributed by atoms with van der Waals surface area (Å²) in [5.41, 5.74) is 1.18. The molecule has 0 atom stereocenters. The maximum absolute atomic E-state index is 12.5. The van der Waals surface area contributed by atoms with Crippen LogP contribution in [0.1, 0.15) is 31.1 Å². The van der Waals surface area contributed by atoms with E-state index in [4.69, 9.17) is 11.6 Å². The third-order valence-electron chi connectivity index (χ3n) is 4.21. The van der Waals surface area contributed by atoms with Gasteiger partial charge in [0.2, 0.25) is 0 Å². The van der Waals surface area contributed by atoms with Gasteiger partial charge in [0.1, 0.15) is 5.82 Å². The molecule has 2 N–H and O–H groups in total. The summed E-state index contributed by atoms with van der Waals surface area (Å²) < 4.78 is 2.59. The summed E-state index contributed by atoms with van der Waals surface area (Å²) in [5.74, 6) is 1.94. The van der Waals surface area contributed by atoms with Crippen LogP contribution in [0.15, 0.2) is 34.0 Å². The van der Waals surface area contributed by atoms with Crippen molar-refractivity contribution in [3.63, 3.8) is 0 Å². The second-order valence-electron chi connectivity index (χ2n) is 7.05. The molecule has 0 aliphatic carbocycles. The van der Waals surface area contributed by atoms with E-state index in [0.29, 0.717) is 34.7 Å². The van der Waals surface area contributed by atoms with E-state index in [1.54, 1.807) is 40.8 Å². The van der Waals surface area contributed by atoms with Crippen LogP contribution in [0.4, 0.5) is 5.82 Å². The van der Waals surface area contributed by atoms with Crippen molar-refractivity contribution in [2.24, 2.45) is 5.92 Å². The molecule has 30 heavy (non-hydrogen) atoms. The summed E-state index contributed by atoms with van der Waals surface area (Å²) in [6, 6.07) is 5.19. The molecule has 2 heterocycles. The van der Waals surface area contributed by atoms with Gasteiger partial charge in [-0.25, -0.2) is 14.6 Å². The van der Waals surface area contributed by atoms with Crippen molar-refractivity contribution in [1.29, 1.82) is 0 Å². The number of hydrogen-bond acceptors (Lipinski definition) is 6. The van der Waals surface area contributed by atoms with E-state index in [1.807, 2.05) is 0 Å². The van der Waals surface area contributed by atoms with Crippen LogP contribution >= 0.6 is 39.3 Å². The first-order valence-corrected chi connectivity index (χ1v) is 11.9. The molecule has 160 valence electrons. The number of nitrogens with one attached hydrogen (secondary N) is 2. The fraction of sp³-hybridized carbons (Fsp3) is 0.400. The highest BCUT2D eigenvalue weighted by Gasteiger charge is 2.15. The van der Waals surface area contributed by atoms with Crippen LogP contribution in [-0.4, -0.2) is 44.5 Å². The van der Waals surface area contributed by atoms with Crippen molar-refractivity contribution < 1.29 is 4.79 Å². The Labute approximate surface area is 193 Å². The summed E-state index contributed by atoms with van der Waals surface area (Å²) in [4.78, 5) is 21.8. The number of nitrogens with zero attached hydrogens (tertiary/aromatic N) is 4. The lowest BCUT2D eigenvalue weighted by Gasteiger charge is -2.11. The van der Waals surface area contributed by atoms with Crippen LogP contribution < -0.4 is 10.6 Å². The minimum absolute atomic E-state index is 0.228. The second kappa shape index (κ2) is 10.5. The summed E-state index contributed by atoms with van der Waals surface area (Å²) >= 11 is 11.1. The zero-order valence-corrected chi connectivity index (χ0v) is 20.2. The fourth-order valence-corrected chi connectivity index (χ4v) is 3.90. The van der Waals surface area contributed by atoms with Crippen LogP contribution in [0.25, 0.3) is 11.0 Å². The lowest BCUT2D eigenvalue weighted by molar-refractivity contribution is 0.0952. The fourth-order valence-electron chi connectivity index (χ4n) is 2.77. The van der Waals surface area contributed by atoms with Crippen LogP contribution in [0, 0.1) is 5.92 Å². The average Bonchev–Trinajstić information content (AvgIpc) is 3.11. The lowest BCUT2D eigenvalue weighted by Crippen LogP contribution is -2.27. The number of anilines is 1. The van der Waals surface area contributed by atoms with Crippen molar-refractivity contribution >= 4 is 62.1 Å². The molecular formula is C20H24BrClN6OS. The highest BCUT2D eigenvalue weighted by molar-refractivity contribution is 9.10. The number of carbonyl (C=O) groups is 1. The van der Waals surface area contributed by atoms with Gasteiger partial charge in [0.25, 0.3) is 5.91 Å². The first-order valence-electron chi connectivity index (χ1n) is 9.72. The largest absolute Gasteiger partial charge is 0.369 e. The standard InChI is InChI=1S/C20H24BrClN6OS/c1-4-30-20-26-17(24-10-12(2)3)15-11-25-28(18(15)27-20)8-7-23-19(29)14-9-13(21)5-6-16(14)22/h5-6,9,11-12H,4,7-8,10H2,1-3H3,(H,23,29)(H,24,26,27). The number of aromatic nitrogens is 4. The predicted molar refractivity (Wildman–Crippen MR) is 127 cm³/mol. The lowest BCUT2D eigenvalue weighted by atomic mass is 10.2. The molecule has 3 aromatic rings. The van der Waals surface area contributed by atoms with E-state index in [-0.39, 0.29) is 5.91 Å². The minimum Gasteiger partial charge on any atom is -0.369 e. The average molecular weight is 512 g/mol. The van der Waals surface area contributed by atoms with E-state index >= 15 is 0 Å². The van der Waals surface area contributed by atoms with Crippen LogP contribution in [0.2, 0.25) is 5.02 Å². The molecule has 3 rings (SSSR count). The molecule has 0 radical (unpaired) electrons. The maximum Gasteiger partial charge on any atom is 0.252 e. The van der Waals surface area contributed by atoms with Gasteiger partial charge in [0, 0.05) is 17.6 Å². The molecule has 7 nitrogen and oxygen atoms in total. The Bertz CT molecular complexity index is 1040. The number of halogens is 2. The molecule has 0 fully saturated rings. The predicted octanol–water partition coefficient (Wildman–Crippen LogP) is 4.85. The molecule has 0 aliphatic rings. The molecule has 0 aliphatic heterocycles. The number of rotatable bonds is 9. The normalized spacial score (nSPS) is 11.3. The SMILES string of the molecule is CCSc1nc(NCC(C)C)c2cnn(CCNC(=O)c3cc(Br)ccc3Cl)c2n1. The molecule has 2 aromatic heterocycles. The third kappa shape index (κ3) is 5.65. The Balaban J connectivity index is 1.75. The highest BCUT2D eigenvalue weighted by Crippen LogP contribution is 2.25. The molecule has 0 saturated carbocycles. The summed E-state index contributed by atoms with van der Waals surface area (Å²) in [5, 5.41) is 12.8. The third-order valence-corrected chi connectivity index (χ3v) is 5.76. The van der Waals surface area contributed by atoms with E-state index in [1.165, 1.54) is 0 Å². The van der Waals surface area contributed by atoms with Crippen LogP contribution in [-0.2, 0) is 6.54 Å². The topological polar surface area (TPSA) is 84.7 Å². The highest BCUT2D eigenvalue weighted by atomic mass is 79.9.